The van der Waals surface area contributed by atoms with E-state index in [-0.39, 0.29) is 11.9 Å². The summed E-state index contributed by atoms with van der Waals surface area (Å²) < 4.78 is 20.0. The summed E-state index contributed by atoms with van der Waals surface area (Å²) in [6.07, 6.45) is 0. The van der Waals surface area contributed by atoms with Gasteiger partial charge in [-0.3, -0.25) is 0 Å². The molecule has 0 saturated carbocycles. The van der Waals surface area contributed by atoms with Gasteiger partial charge in [0.25, 0.3) is 0 Å². The normalized spacial score (nSPS) is 12.2. The van der Waals surface area contributed by atoms with E-state index in [0.29, 0.717) is 17.7 Å². The summed E-state index contributed by atoms with van der Waals surface area (Å²) in [5.41, 5.74) is 2.34. The van der Waals surface area contributed by atoms with Crippen LogP contribution in [0.5, 0.6) is 5.75 Å². The second kappa shape index (κ2) is 7.23. The first-order valence-corrected chi connectivity index (χ1v) is 7.38. The van der Waals surface area contributed by atoms with Crippen LogP contribution in [0.15, 0.2) is 42.5 Å². The molecule has 0 spiro atoms. The van der Waals surface area contributed by atoms with Crippen LogP contribution in [0, 0.1) is 12.7 Å². The lowest BCUT2D eigenvalue weighted by Gasteiger charge is -2.21. The van der Waals surface area contributed by atoms with Crippen molar-refractivity contribution in [3.8, 4) is 5.75 Å². The van der Waals surface area contributed by atoms with E-state index in [1.165, 1.54) is 0 Å². The Morgan fingerprint density at radius 3 is 2.62 bits per heavy atom. The zero-order valence-corrected chi connectivity index (χ0v) is 12.8. The fourth-order valence-corrected chi connectivity index (χ4v) is 2.46. The standard InChI is InChI=1S/C18H22FNO/c1-4-20-18(16-11-6-8-13(3)17(16)19)14-9-7-10-15(12-14)21-5-2/h6-12,18,20H,4-5H2,1-3H3. The van der Waals surface area contributed by atoms with E-state index in [9.17, 15) is 4.39 Å². The average molecular weight is 287 g/mol. The summed E-state index contributed by atoms with van der Waals surface area (Å²) >= 11 is 0. The number of ether oxygens (including phenoxy) is 1. The number of benzene rings is 2. The largest absolute Gasteiger partial charge is 0.494 e. The third-order valence-electron chi connectivity index (χ3n) is 3.44. The summed E-state index contributed by atoms with van der Waals surface area (Å²) in [6.45, 7) is 7.14. The van der Waals surface area contributed by atoms with Gasteiger partial charge in [0.05, 0.1) is 12.6 Å². The second-order valence-electron chi connectivity index (χ2n) is 4.97. The molecule has 2 aromatic carbocycles. The third kappa shape index (κ3) is 3.61. The molecular weight excluding hydrogens is 265 g/mol. The number of nitrogens with one attached hydrogen (secondary N) is 1. The van der Waals surface area contributed by atoms with E-state index in [0.717, 1.165) is 17.9 Å². The highest BCUT2D eigenvalue weighted by Gasteiger charge is 2.18. The van der Waals surface area contributed by atoms with Crippen LogP contribution in [-0.4, -0.2) is 13.2 Å². The van der Waals surface area contributed by atoms with Crippen LogP contribution in [0.3, 0.4) is 0 Å². The van der Waals surface area contributed by atoms with Gasteiger partial charge in [0, 0.05) is 5.56 Å². The quantitative estimate of drug-likeness (QED) is 0.858. The van der Waals surface area contributed by atoms with Gasteiger partial charge in [0.2, 0.25) is 0 Å². The predicted molar refractivity (Wildman–Crippen MR) is 84.3 cm³/mol. The minimum absolute atomic E-state index is 0.148. The van der Waals surface area contributed by atoms with E-state index in [1.807, 2.05) is 50.2 Å². The monoisotopic (exact) mass is 287 g/mol. The van der Waals surface area contributed by atoms with Crippen LogP contribution in [-0.2, 0) is 0 Å². The van der Waals surface area contributed by atoms with Crippen LogP contribution in [0.25, 0.3) is 0 Å². The van der Waals surface area contributed by atoms with Gasteiger partial charge in [-0.15, -0.1) is 0 Å². The molecule has 2 aromatic rings. The molecule has 0 bridgehead atoms. The number of halogens is 1. The van der Waals surface area contributed by atoms with E-state index in [4.69, 9.17) is 4.74 Å². The smallest absolute Gasteiger partial charge is 0.131 e. The first-order chi connectivity index (χ1) is 10.2. The molecule has 0 aliphatic heterocycles. The first-order valence-electron chi connectivity index (χ1n) is 7.38. The molecule has 0 saturated heterocycles. The Morgan fingerprint density at radius 1 is 1.14 bits per heavy atom. The average Bonchev–Trinajstić information content (AvgIpc) is 2.49. The summed E-state index contributed by atoms with van der Waals surface area (Å²) in [4.78, 5) is 0. The molecule has 1 unspecified atom stereocenters. The Labute approximate surface area is 126 Å². The lowest BCUT2D eigenvalue weighted by Crippen LogP contribution is -2.23. The van der Waals surface area contributed by atoms with Gasteiger partial charge in [-0.1, -0.05) is 37.3 Å². The van der Waals surface area contributed by atoms with Gasteiger partial charge in [-0.2, -0.15) is 0 Å². The van der Waals surface area contributed by atoms with Crippen LogP contribution in [0.1, 0.15) is 36.6 Å². The number of hydrogen-bond donors (Lipinski definition) is 1. The minimum atomic E-state index is -0.171. The fourth-order valence-electron chi connectivity index (χ4n) is 2.46. The number of aryl methyl sites for hydroxylation is 1. The lowest BCUT2D eigenvalue weighted by atomic mass is 9.96. The predicted octanol–water partition coefficient (Wildman–Crippen LogP) is 4.23. The van der Waals surface area contributed by atoms with Crippen molar-refractivity contribution in [2.45, 2.75) is 26.8 Å². The SMILES string of the molecule is CCNC(c1cccc(OCC)c1)c1cccc(C)c1F. The fraction of sp³-hybridized carbons (Fsp3) is 0.333. The maximum atomic E-state index is 14.4. The van der Waals surface area contributed by atoms with Crippen molar-refractivity contribution in [2.24, 2.45) is 0 Å². The number of rotatable bonds is 6. The minimum Gasteiger partial charge on any atom is -0.494 e. The molecule has 1 atom stereocenters. The Hall–Kier alpha value is -1.87. The first kappa shape index (κ1) is 15.5. The van der Waals surface area contributed by atoms with Gasteiger partial charge >= 0.3 is 0 Å². The Kier molecular flexibility index (Phi) is 5.34. The van der Waals surface area contributed by atoms with Crippen molar-refractivity contribution in [3.63, 3.8) is 0 Å². The van der Waals surface area contributed by atoms with Crippen molar-refractivity contribution in [1.29, 1.82) is 0 Å². The van der Waals surface area contributed by atoms with Crippen LogP contribution in [0.4, 0.5) is 4.39 Å². The molecule has 3 heteroatoms. The molecule has 0 aromatic heterocycles. The molecule has 0 aliphatic carbocycles. The Balaban J connectivity index is 2.43. The van der Waals surface area contributed by atoms with Gasteiger partial charge in [-0.25, -0.2) is 4.39 Å². The molecule has 0 fully saturated rings. The highest BCUT2D eigenvalue weighted by Crippen LogP contribution is 2.28. The van der Waals surface area contributed by atoms with E-state index in [1.54, 1.807) is 13.0 Å². The molecule has 0 aliphatic rings. The zero-order valence-electron chi connectivity index (χ0n) is 12.8. The Morgan fingerprint density at radius 2 is 1.90 bits per heavy atom. The third-order valence-corrected chi connectivity index (χ3v) is 3.44. The highest BCUT2D eigenvalue weighted by molar-refractivity contribution is 5.38. The molecule has 2 nitrogen and oxygen atoms in total. The second-order valence-corrected chi connectivity index (χ2v) is 4.97. The molecule has 0 amide bonds. The van der Waals surface area contributed by atoms with Crippen molar-refractivity contribution in [1.82, 2.24) is 5.32 Å². The van der Waals surface area contributed by atoms with Gasteiger partial charge < -0.3 is 10.1 Å². The zero-order chi connectivity index (χ0) is 15.2. The maximum absolute atomic E-state index is 14.4. The molecule has 2 rings (SSSR count). The van der Waals surface area contributed by atoms with Gasteiger partial charge in [0.1, 0.15) is 11.6 Å². The number of hydrogen-bond acceptors (Lipinski definition) is 2. The van der Waals surface area contributed by atoms with Crippen molar-refractivity contribution in [2.75, 3.05) is 13.2 Å². The molecule has 112 valence electrons. The van der Waals surface area contributed by atoms with Crippen molar-refractivity contribution >= 4 is 0 Å². The Bertz CT molecular complexity index is 598. The van der Waals surface area contributed by atoms with Crippen molar-refractivity contribution in [3.05, 3.63) is 65.0 Å². The van der Waals surface area contributed by atoms with Gasteiger partial charge in [0.15, 0.2) is 0 Å². The summed E-state index contributed by atoms with van der Waals surface area (Å²) in [6, 6.07) is 13.2. The summed E-state index contributed by atoms with van der Waals surface area (Å²) in [7, 11) is 0. The summed E-state index contributed by atoms with van der Waals surface area (Å²) in [5, 5.41) is 3.36. The van der Waals surface area contributed by atoms with E-state index < -0.39 is 0 Å². The van der Waals surface area contributed by atoms with Crippen LogP contribution >= 0.6 is 0 Å². The van der Waals surface area contributed by atoms with Crippen LogP contribution in [0.2, 0.25) is 0 Å². The molecule has 21 heavy (non-hydrogen) atoms. The molecule has 0 heterocycles. The topological polar surface area (TPSA) is 21.3 Å². The van der Waals surface area contributed by atoms with E-state index in [2.05, 4.69) is 5.32 Å². The summed E-state index contributed by atoms with van der Waals surface area (Å²) in [5.74, 6) is 0.663. The highest BCUT2D eigenvalue weighted by atomic mass is 19.1. The molecular formula is C18H22FNO. The maximum Gasteiger partial charge on any atom is 0.131 e. The molecule has 1 N–H and O–H groups in total. The lowest BCUT2D eigenvalue weighted by molar-refractivity contribution is 0.339. The van der Waals surface area contributed by atoms with Crippen LogP contribution < -0.4 is 10.1 Å². The molecule has 0 radical (unpaired) electrons. The van der Waals surface area contributed by atoms with Gasteiger partial charge in [-0.05, 0) is 43.7 Å². The van der Waals surface area contributed by atoms with Crippen molar-refractivity contribution < 1.29 is 9.13 Å². The van der Waals surface area contributed by atoms with E-state index >= 15 is 0 Å².